The molecule has 4 N–H and O–H groups in total. The van der Waals surface area contributed by atoms with Gasteiger partial charge >= 0.3 is 6.18 Å². The van der Waals surface area contributed by atoms with E-state index in [1.54, 1.807) is 54.6 Å². The molecule has 30 heavy (non-hydrogen) atoms. The number of carbonyl (C=O) groups excluding carboxylic acids is 1. The van der Waals surface area contributed by atoms with Crippen LogP contribution in [0.5, 0.6) is 0 Å². The Bertz CT molecular complexity index is 1050. The molecular formula is C21H18F3N5O. The van der Waals surface area contributed by atoms with Crippen molar-refractivity contribution in [3.8, 4) is 0 Å². The lowest BCUT2D eigenvalue weighted by atomic mass is 10.1. The Labute approximate surface area is 170 Å². The second-order valence-corrected chi connectivity index (χ2v) is 6.27. The van der Waals surface area contributed by atoms with Gasteiger partial charge in [-0.15, -0.1) is 0 Å². The van der Waals surface area contributed by atoms with Gasteiger partial charge in [0.1, 0.15) is 5.69 Å². The second kappa shape index (κ2) is 9.08. The first-order valence-electron chi connectivity index (χ1n) is 8.88. The molecule has 0 fully saturated rings. The average molecular weight is 413 g/mol. The summed E-state index contributed by atoms with van der Waals surface area (Å²) < 4.78 is 38.1. The van der Waals surface area contributed by atoms with Gasteiger partial charge in [0.25, 0.3) is 0 Å². The Morgan fingerprint density at radius 2 is 1.80 bits per heavy atom. The number of aromatic nitrogens is 2. The molecule has 0 radical (unpaired) electrons. The summed E-state index contributed by atoms with van der Waals surface area (Å²) in [7, 11) is 0. The van der Waals surface area contributed by atoms with E-state index in [-0.39, 0.29) is 18.4 Å². The summed E-state index contributed by atoms with van der Waals surface area (Å²) >= 11 is 0. The zero-order valence-corrected chi connectivity index (χ0v) is 15.6. The summed E-state index contributed by atoms with van der Waals surface area (Å²) in [6.45, 7) is 0.249. The molecule has 1 heterocycles. The van der Waals surface area contributed by atoms with E-state index in [2.05, 4.69) is 20.6 Å². The predicted molar refractivity (Wildman–Crippen MR) is 109 cm³/mol. The lowest BCUT2D eigenvalue weighted by Gasteiger charge is -2.08. The van der Waals surface area contributed by atoms with Crippen molar-refractivity contribution in [2.75, 3.05) is 16.4 Å². The molecule has 154 valence electrons. The molecule has 0 saturated heterocycles. The summed E-state index contributed by atoms with van der Waals surface area (Å²) in [6, 6.07) is 14.9. The van der Waals surface area contributed by atoms with Crippen LogP contribution in [0.3, 0.4) is 0 Å². The van der Waals surface area contributed by atoms with Crippen LogP contribution in [0.2, 0.25) is 0 Å². The van der Waals surface area contributed by atoms with Crippen LogP contribution in [0.4, 0.5) is 30.5 Å². The van der Waals surface area contributed by atoms with Gasteiger partial charge in [0.15, 0.2) is 0 Å². The van der Waals surface area contributed by atoms with Crippen LogP contribution in [0.1, 0.15) is 16.8 Å². The molecule has 0 atom stereocenters. The van der Waals surface area contributed by atoms with Crippen LogP contribution in [0.25, 0.3) is 6.08 Å². The average Bonchev–Trinajstić information content (AvgIpc) is 2.73. The van der Waals surface area contributed by atoms with E-state index in [9.17, 15) is 18.0 Å². The number of nitrogens with two attached hydrogens (primary N) is 1. The van der Waals surface area contributed by atoms with Gasteiger partial charge in [0.2, 0.25) is 11.9 Å². The molecule has 1 amide bonds. The Hall–Kier alpha value is -3.88. The molecule has 0 saturated carbocycles. The monoisotopic (exact) mass is 413 g/mol. The van der Waals surface area contributed by atoms with Crippen molar-refractivity contribution in [2.24, 2.45) is 0 Å². The van der Waals surface area contributed by atoms with Crippen molar-refractivity contribution >= 4 is 29.3 Å². The fourth-order valence-electron chi connectivity index (χ4n) is 2.49. The number of amides is 1. The third-order valence-electron chi connectivity index (χ3n) is 4.02. The molecule has 2 aromatic carbocycles. The third kappa shape index (κ3) is 5.81. The van der Waals surface area contributed by atoms with Crippen molar-refractivity contribution in [3.63, 3.8) is 0 Å². The van der Waals surface area contributed by atoms with Crippen LogP contribution in [0.15, 0.2) is 66.9 Å². The first kappa shape index (κ1) is 20.8. The zero-order chi connectivity index (χ0) is 21.6. The molecule has 3 rings (SSSR count). The molecule has 0 aliphatic rings. The third-order valence-corrected chi connectivity index (χ3v) is 4.02. The smallest absolute Gasteiger partial charge is 0.397 e. The van der Waals surface area contributed by atoms with Crippen LogP contribution >= 0.6 is 0 Å². The van der Waals surface area contributed by atoms with Crippen LogP contribution in [0, 0.1) is 0 Å². The van der Waals surface area contributed by atoms with Crippen LogP contribution in [-0.2, 0) is 17.5 Å². The van der Waals surface area contributed by atoms with E-state index in [0.717, 1.165) is 23.4 Å². The number of rotatable bonds is 6. The van der Waals surface area contributed by atoms with Crippen molar-refractivity contribution < 1.29 is 18.0 Å². The van der Waals surface area contributed by atoms with Crippen molar-refractivity contribution in [1.82, 2.24) is 9.97 Å². The minimum atomic E-state index is -4.52. The summed E-state index contributed by atoms with van der Waals surface area (Å²) in [5.41, 5.74) is 7.38. The Balaban J connectivity index is 1.55. The van der Waals surface area contributed by atoms with Gasteiger partial charge in [-0.25, -0.2) is 9.97 Å². The van der Waals surface area contributed by atoms with Crippen LogP contribution < -0.4 is 16.4 Å². The van der Waals surface area contributed by atoms with Gasteiger partial charge in [0.05, 0.1) is 11.4 Å². The van der Waals surface area contributed by atoms with E-state index in [4.69, 9.17) is 5.73 Å². The molecule has 0 aliphatic carbocycles. The number of hydrogen-bond donors (Lipinski definition) is 3. The van der Waals surface area contributed by atoms with Gasteiger partial charge < -0.3 is 16.4 Å². The molecular weight excluding hydrogens is 395 g/mol. The number of anilines is 3. The molecule has 0 aliphatic heterocycles. The molecule has 6 nitrogen and oxygen atoms in total. The number of alkyl halides is 3. The van der Waals surface area contributed by atoms with Gasteiger partial charge in [-0.2, -0.15) is 13.2 Å². The lowest BCUT2D eigenvalue weighted by molar-refractivity contribution is -0.141. The van der Waals surface area contributed by atoms with Gasteiger partial charge in [-0.05, 0) is 35.4 Å². The number of benzene rings is 2. The largest absolute Gasteiger partial charge is 0.433 e. The predicted octanol–water partition coefficient (Wildman–Crippen LogP) is 4.34. The number of para-hydroxylation sites is 2. The van der Waals surface area contributed by atoms with Crippen molar-refractivity contribution in [1.29, 1.82) is 0 Å². The summed E-state index contributed by atoms with van der Waals surface area (Å²) in [5.74, 6) is -0.425. The van der Waals surface area contributed by atoms with E-state index < -0.39 is 11.9 Å². The molecule has 3 aromatic rings. The topological polar surface area (TPSA) is 92.9 Å². The van der Waals surface area contributed by atoms with Gasteiger partial charge in [0, 0.05) is 18.8 Å². The number of nitrogens with zero attached hydrogens (tertiary/aromatic N) is 2. The van der Waals surface area contributed by atoms with Crippen molar-refractivity contribution in [3.05, 3.63) is 83.7 Å². The van der Waals surface area contributed by atoms with E-state index in [1.807, 2.05) is 0 Å². The summed E-state index contributed by atoms with van der Waals surface area (Å²) in [4.78, 5) is 19.2. The van der Waals surface area contributed by atoms with Crippen molar-refractivity contribution in [2.45, 2.75) is 12.7 Å². The molecule has 0 spiro atoms. The number of nitrogens with one attached hydrogen (secondary N) is 2. The molecule has 0 unspecified atom stereocenters. The standard InChI is InChI=1S/C21H18F3N5O/c22-21(23,24)18-11-12-26-20(29-18)27-13-15-7-5-14(6-8-15)9-10-19(30)28-17-4-2-1-3-16(17)25/h1-12H,13,25H2,(H,28,30)(H,26,27,29). The fraction of sp³-hybridized carbons (Fsp3) is 0.0952. The van der Waals surface area contributed by atoms with Crippen LogP contribution in [-0.4, -0.2) is 15.9 Å². The highest BCUT2D eigenvalue weighted by Crippen LogP contribution is 2.27. The summed E-state index contributed by atoms with van der Waals surface area (Å²) in [5, 5.41) is 5.45. The number of nitrogen functional groups attached to an aromatic ring is 1. The summed E-state index contributed by atoms with van der Waals surface area (Å²) in [6.07, 6.45) is -0.441. The highest BCUT2D eigenvalue weighted by Gasteiger charge is 2.32. The Kier molecular flexibility index (Phi) is 6.31. The first-order chi connectivity index (χ1) is 14.3. The lowest BCUT2D eigenvalue weighted by Crippen LogP contribution is -2.11. The Morgan fingerprint density at radius 3 is 2.50 bits per heavy atom. The number of hydrogen-bond acceptors (Lipinski definition) is 5. The minimum absolute atomic E-state index is 0.106. The highest BCUT2D eigenvalue weighted by atomic mass is 19.4. The minimum Gasteiger partial charge on any atom is -0.397 e. The quantitative estimate of drug-likeness (QED) is 0.413. The SMILES string of the molecule is Nc1ccccc1NC(=O)C=Cc1ccc(CNc2nccc(C(F)(F)F)n2)cc1. The van der Waals surface area contributed by atoms with E-state index >= 15 is 0 Å². The molecule has 0 bridgehead atoms. The fourth-order valence-corrected chi connectivity index (χ4v) is 2.49. The van der Waals surface area contributed by atoms with E-state index in [0.29, 0.717) is 11.4 Å². The molecule has 9 heteroatoms. The highest BCUT2D eigenvalue weighted by molar-refractivity contribution is 6.03. The van der Waals surface area contributed by atoms with Gasteiger partial charge in [-0.1, -0.05) is 36.4 Å². The molecule has 1 aromatic heterocycles. The maximum atomic E-state index is 12.7. The number of carbonyl (C=O) groups is 1. The zero-order valence-electron chi connectivity index (χ0n) is 15.6. The normalized spacial score (nSPS) is 11.4. The van der Waals surface area contributed by atoms with Gasteiger partial charge in [-0.3, -0.25) is 4.79 Å². The first-order valence-corrected chi connectivity index (χ1v) is 8.88. The Morgan fingerprint density at radius 1 is 1.07 bits per heavy atom. The maximum Gasteiger partial charge on any atom is 0.433 e. The maximum absolute atomic E-state index is 12.7. The second-order valence-electron chi connectivity index (χ2n) is 6.27. The number of halogens is 3. The van der Waals surface area contributed by atoms with E-state index in [1.165, 1.54) is 6.08 Å².